The van der Waals surface area contributed by atoms with Gasteiger partial charge in [-0.05, 0) is 25.1 Å². The van der Waals surface area contributed by atoms with Crippen molar-refractivity contribution in [1.29, 1.82) is 0 Å². The van der Waals surface area contributed by atoms with Crippen molar-refractivity contribution in [3.63, 3.8) is 0 Å². The molecule has 0 aromatic heterocycles. The second-order valence-corrected chi connectivity index (χ2v) is 3.85. The molecular weight excluding hydrogens is 248 g/mol. The van der Waals surface area contributed by atoms with Gasteiger partial charge in [-0.3, -0.25) is 9.59 Å². The molecule has 0 aliphatic carbocycles. The second kappa shape index (κ2) is 6.63. The lowest BCUT2D eigenvalue weighted by molar-refractivity contribution is -0.141. The lowest BCUT2D eigenvalue weighted by Crippen LogP contribution is -2.36. The summed E-state index contributed by atoms with van der Waals surface area (Å²) in [4.78, 5) is 24.8. The summed E-state index contributed by atoms with van der Waals surface area (Å²) in [6.07, 6.45) is 0. The first-order valence-electron chi connectivity index (χ1n) is 5.83. The maximum atomic E-state index is 12.2. The average Bonchev–Trinajstić information content (AvgIpc) is 2.44. The number of amides is 1. The zero-order chi connectivity index (χ0) is 14.4. The highest BCUT2D eigenvalue weighted by atomic mass is 16.5. The maximum Gasteiger partial charge on any atom is 0.325 e. The molecule has 0 radical (unpaired) electrons. The van der Waals surface area contributed by atoms with E-state index in [0.29, 0.717) is 23.5 Å². The van der Waals surface area contributed by atoms with Gasteiger partial charge in [0.1, 0.15) is 12.3 Å². The van der Waals surface area contributed by atoms with Gasteiger partial charge in [-0.15, -0.1) is 0 Å². The highest BCUT2D eigenvalue weighted by molar-refractivity contribution is 5.96. The van der Waals surface area contributed by atoms with Gasteiger partial charge in [0, 0.05) is 12.1 Å². The number of benzene rings is 1. The third-order valence-corrected chi connectivity index (χ3v) is 2.70. The van der Waals surface area contributed by atoms with Crippen molar-refractivity contribution in [2.24, 2.45) is 0 Å². The van der Waals surface area contributed by atoms with E-state index in [1.54, 1.807) is 25.1 Å². The second-order valence-electron chi connectivity index (χ2n) is 3.85. The van der Waals surface area contributed by atoms with E-state index in [1.165, 1.54) is 19.1 Å². The standard InChI is InChI=1S/C13H18N2O4/c1-4-15(8-12(16)19-3)13(17)9-5-6-10(14)11(7-9)18-2/h5-7H,4,8,14H2,1-3H3. The molecule has 0 fully saturated rings. The van der Waals surface area contributed by atoms with Crippen LogP contribution in [0, 0.1) is 0 Å². The Morgan fingerprint density at radius 1 is 1.32 bits per heavy atom. The van der Waals surface area contributed by atoms with Gasteiger partial charge in [-0.2, -0.15) is 0 Å². The molecule has 0 unspecified atom stereocenters. The number of nitrogens with two attached hydrogens (primary N) is 1. The molecule has 1 rings (SSSR count). The van der Waals surface area contributed by atoms with Crippen molar-refractivity contribution in [2.75, 3.05) is 33.0 Å². The van der Waals surface area contributed by atoms with Gasteiger partial charge in [0.05, 0.1) is 19.9 Å². The van der Waals surface area contributed by atoms with Crippen LogP contribution >= 0.6 is 0 Å². The normalized spacial score (nSPS) is 9.84. The molecule has 0 aliphatic rings. The van der Waals surface area contributed by atoms with E-state index in [0.717, 1.165) is 0 Å². The molecule has 6 nitrogen and oxygen atoms in total. The molecule has 0 saturated carbocycles. The van der Waals surface area contributed by atoms with Crippen LogP contribution in [0.25, 0.3) is 0 Å². The predicted molar refractivity (Wildman–Crippen MR) is 71.0 cm³/mol. The third kappa shape index (κ3) is 3.61. The Hall–Kier alpha value is -2.24. The van der Waals surface area contributed by atoms with E-state index in [1.807, 2.05) is 0 Å². The van der Waals surface area contributed by atoms with Crippen molar-refractivity contribution in [1.82, 2.24) is 4.90 Å². The number of esters is 1. The van der Waals surface area contributed by atoms with Crippen LogP contribution in [-0.2, 0) is 9.53 Å². The summed E-state index contributed by atoms with van der Waals surface area (Å²) in [7, 11) is 2.76. The zero-order valence-corrected chi connectivity index (χ0v) is 11.3. The number of carbonyl (C=O) groups excluding carboxylic acids is 2. The minimum Gasteiger partial charge on any atom is -0.495 e. The Labute approximate surface area is 112 Å². The SMILES string of the molecule is CCN(CC(=O)OC)C(=O)c1ccc(N)c(OC)c1. The number of anilines is 1. The van der Waals surface area contributed by atoms with Gasteiger partial charge >= 0.3 is 5.97 Å². The Kier molecular flexibility index (Phi) is 5.17. The number of hydrogen-bond acceptors (Lipinski definition) is 5. The van der Waals surface area contributed by atoms with Crippen LogP contribution in [0.15, 0.2) is 18.2 Å². The Morgan fingerprint density at radius 2 is 2.00 bits per heavy atom. The topological polar surface area (TPSA) is 81.9 Å². The smallest absolute Gasteiger partial charge is 0.325 e. The highest BCUT2D eigenvalue weighted by Gasteiger charge is 2.18. The summed E-state index contributed by atoms with van der Waals surface area (Å²) >= 11 is 0. The Bertz CT molecular complexity index is 474. The maximum absolute atomic E-state index is 12.2. The Morgan fingerprint density at radius 3 is 2.53 bits per heavy atom. The van der Waals surface area contributed by atoms with Crippen molar-refractivity contribution in [3.05, 3.63) is 23.8 Å². The van der Waals surface area contributed by atoms with Crippen LogP contribution < -0.4 is 10.5 Å². The number of methoxy groups -OCH3 is 2. The average molecular weight is 266 g/mol. The predicted octanol–water partition coefficient (Wildman–Crippen LogP) is 0.912. The molecule has 6 heteroatoms. The van der Waals surface area contributed by atoms with Gasteiger partial charge < -0.3 is 20.1 Å². The molecule has 1 aromatic rings. The fourth-order valence-electron chi connectivity index (χ4n) is 1.57. The van der Waals surface area contributed by atoms with E-state index in [2.05, 4.69) is 4.74 Å². The molecule has 0 saturated heterocycles. The molecule has 0 aliphatic heterocycles. The molecular formula is C13H18N2O4. The van der Waals surface area contributed by atoms with Gasteiger partial charge in [0.2, 0.25) is 0 Å². The molecule has 0 bridgehead atoms. The number of nitrogens with zero attached hydrogens (tertiary/aromatic N) is 1. The largest absolute Gasteiger partial charge is 0.495 e. The molecule has 2 N–H and O–H groups in total. The van der Waals surface area contributed by atoms with Gasteiger partial charge in [0.15, 0.2) is 0 Å². The fraction of sp³-hybridized carbons (Fsp3) is 0.385. The first-order chi connectivity index (χ1) is 9.03. The van der Waals surface area contributed by atoms with Crippen LogP contribution in [0.4, 0.5) is 5.69 Å². The summed E-state index contributed by atoms with van der Waals surface area (Å²) in [5.74, 6) is -0.302. The number of rotatable bonds is 5. The highest BCUT2D eigenvalue weighted by Crippen LogP contribution is 2.22. The van der Waals surface area contributed by atoms with E-state index >= 15 is 0 Å². The molecule has 19 heavy (non-hydrogen) atoms. The number of nitrogen functional groups attached to an aromatic ring is 1. The monoisotopic (exact) mass is 266 g/mol. The molecule has 0 spiro atoms. The first kappa shape index (κ1) is 14.8. The summed E-state index contributed by atoms with van der Waals surface area (Å²) in [6.45, 7) is 2.11. The van der Waals surface area contributed by atoms with E-state index in [9.17, 15) is 9.59 Å². The summed E-state index contributed by atoms with van der Waals surface area (Å²) < 4.78 is 9.62. The van der Waals surface area contributed by atoms with Crippen LogP contribution in [-0.4, -0.2) is 44.1 Å². The zero-order valence-electron chi connectivity index (χ0n) is 11.3. The number of likely N-dealkylation sites (N-methyl/N-ethyl adjacent to an activating group) is 1. The summed E-state index contributed by atoms with van der Waals surface area (Å²) in [6, 6.07) is 4.75. The minimum absolute atomic E-state index is 0.0848. The molecule has 0 atom stereocenters. The third-order valence-electron chi connectivity index (χ3n) is 2.70. The van der Waals surface area contributed by atoms with Crippen LogP contribution in [0.1, 0.15) is 17.3 Å². The van der Waals surface area contributed by atoms with Crippen molar-refractivity contribution >= 4 is 17.6 Å². The first-order valence-corrected chi connectivity index (χ1v) is 5.83. The quantitative estimate of drug-likeness (QED) is 0.633. The molecule has 1 amide bonds. The number of carbonyl (C=O) groups is 2. The van der Waals surface area contributed by atoms with E-state index in [-0.39, 0.29) is 12.5 Å². The van der Waals surface area contributed by atoms with Crippen molar-refractivity contribution < 1.29 is 19.1 Å². The minimum atomic E-state index is -0.461. The van der Waals surface area contributed by atoms with Crippen LogP contribution in [0.2, 0.25) is 0 Å². The fourth-order valence-corrected chi connectivity index (χ4v) is 1.57. The summed E-state index contributed by atoms with van der Waals surface area (Å²) in [5, 5.41) is 0. The lowest BCUT2D eigenvalue weighted by atomic mass is 10.1. The van der Waals surface area contributed by atoms with Crippen molar-refractivity contribution in [2.45, 2.75) is 6.92 Å². The van der Waals surface area contributed by atoms with E-state index in [4.69, 9.17) is 10.5 Å². The van der Waals surface area contributed by atoms with Crippen LogP contribution in [0.5, 0.6) is 5.75 Å². The Balaban J connectivity index is 2.94. The summed E-state index contributed by atoms with van der Waals surface area (Å²) in [5.41, 5.74) is 6.55. The lowest BCUT2D eigenvalue weighted by Gasteiger charge is -2.19. The van der Waals surface area contributed by atoms with Gasteiger partial charge in [0.25, 0.3) is 5.91 Å². The van der Waals surface area contributed by atoms with Crippen LogP contribution in [0.3, 0.4) is 0 Å². The van der Waals surface area contributed by atoms with E-state index < -0.39 is 5.97 Å². The van der Waals surface area contributed by atoms with Gasteiger partial charge in [-0.25, -0.2) is 0 Å². The van der Waals surface area contributed by atoms with Crippen molar-refractivity contribution in [3.8, 4) is 5.75 Å². The number of ether oxygens (including phenoxy) is 2. The molecule has 0 heterocycles. The molecule has 104 valence electrons. The number of hydrogen-bond donors (Lipinski definition) is 1. The van der Waals surface area contributed by atoms with Gasteiger partial charge in [-0.1, -0.05) is 0 Å². The molecule has 1 aromatic carbocycles.